The Labute approximate surface area is 122 Å². The number of nitrogens with zero attached hydrogens (tertiary/aromatic N) is 2. The summed E-state index contributed by atoms with van der Waals surface area (Å²) < 4.78 is 2.00. The first-order valence-electron chi connectivity index (χ1n) is 6.83. The largest absolute Gasteiger partial charge is 0.352 e. The third-order valence-corrected chi connectivity index (χ3v) is 3.23. The highest BCUT2D eigenvalue weighted by Crippen LogP contribution is 2.10. The average molecular weight is 280 g/mol. The van der Waals surface area contributed by atoms with E-state index in [1.165, 1.54) is 0 Å². The summed E-state index contributed by atoms with van der Waals surface area (Å²) in [4.78, 5) is 19.1. The number of amides is 1. The summed E-state index contributed by atoms with van der Waals surface area (Å²) in [5.41, 5.74) is 1.69. The third kappa shape index (κ3) is 3.20. The molecular formula is C16H16N4O. The van der Waals surface area contributed by atoms with Gasteiger partial charge in [0.2, 0.25) is 0 Å². The maximum atomic E-state index is 12.0. The second kappa shape index (κ2) is 6.09. The van der Waals surface area contributed by atoms with Gasteiger partial charge in [-0.25, -0.2) is 4.98 Å². The minimum atomic E-state index is -0.0689. The van der Waals surface area contributed by atoms with Crippen molar-refractivity contribution in [1.29, 1.82) is 0 Å². The fourth-order valence-electron chi connectivity index (χ4n) is 2.12. The van der Waals surface area contributed by atoms with Crippen LogP contribution >= 0.6 is 0 Å². The Morgan fingerprint density at radius 3 is 2.62 bits per heavy atom. The first kappa shape index (κ1) is 13.2. The first-order valence-corrected chi connectivity index (χ1v) is 6.83. The molecule has 0 saturated carbocycles. The number of imidazole rings is 1. The number of carbonyl (C=O) groups excluding carboxylic acids is 1. The van der Waals surface area contributed by atoms with Gasteiger partial charge in [-0.15, -0.1) is 0 Å². The Morgan fingerprint density at radius 2 is 1.95 bits per heavy atom. The molecule has 2 N–H and O–H groups in total. The molecule has 3 aromatic rings. The molecule has 21 heavy (non-hydrogen) atoms. The fraction of sp³-hybridized carbons (Fsp3) is 0.125. The Bertz CT molecular complexity index is 684. The smallest absolute Gasteiger partial charge is 0.251 e. The summed E-state index contributed by atoms with van der Waals surface area (Å²) in [6.07, 6.45) is 8.12. The van der Waals surface area contributed by atoms with Gasteiger partial charge >= 0.3 is 0 Å². The number of aromatic amines is 1. The molecule has 0 aliphatic carbocycles. The van der Waals surface area contributed by atoms with Gasteiger partial charge in [-0.05, 0) is 36.4 Å². The third-order valence-electron chi connectivity index (χ3n) is 3.23. The van der Waals surface area contributed by atoms with Crippen molar-refractivity contribution in [3.63, 3.8) is 0 Å². The molecule has 0 aliphatic rings. The molecular weight excluding hydrogens is 264 g/mol. The van der Waals surface area contributed by atoms with Crippen LogP contribution in [0.1, 0.15) is 16.2 Å². The Balaban J connectivity index is 1.57. The predicted molar refractivity (Wildman–Crippen MR) is 80.4 cm³/mol. The van der Waals surface area contributed by atoms with E-state index in [1.54, 1.807) is 12.4 Å². The van der Waals surface area contributed by atoms with Crippen LogP contribution in [0.25, 0.3) is 5.69 Å². The molecule has 0 fully saturated rings. The van der Waals surface area contributed by atoms with Crippen molar-refractivity contribution in [3.8, 4) is 5.69 Å². The summed E-state index contributed by atoms with van der Waals surface area (Å²) in [5.74, 6) is 0.805. The van der Waals surface area contributed by atoms with E-state index < -0.39 is 0 Å². The summed E-state index contributed by atoms with van der Waals surface area (Å²) in [6.45, 7) is 0.561. The number of H-pyrrole nitrogens is 1. The maximum Gasteiger partial charge on any atom is 0.251 e. The molecule has 2 aromatic heterocycles. The Kier molecular flexibility index (Phi) is 3.82. The van der Waals surface area contributed by atoms with Crippen LogP contribution in [-0.4, -0.2) is 27.0 Å². The molecule has 3 rings (SSSR count). The van der Waals surface area contributed by atoms with Gasteiger partial charge in [-0.1, -0.05) is 0 Å². The van der Waals surface area contributed by atoms with Gasteiger partial charge in [0, 0.05) is 49.0 Å². The van der Waals surface area contributed by atoms with Crippen molar-refractivity contribution >= 4 is 5.91 Å². The molecule has 0 radical (unpaired) electrons. The van der Waals surface area contributed by atoms with E-state index in [2.05, 4.69) is 15.3 Å². The van der Waals surface area contributed by atoms with E-state index in [4.69, 9.17) is 0 Å². The van der Waals surface area contributed by atoms with Crippen LogP contribution in [0.4, 0.5) is 0 Å². The van der Waals surface area contributed by atoms with E-state index in [9.17, 15) is 4.79 Å². The number of nitrogens with one attached hydrogen (secondary N) is 2. The lowest BCUT2D eigenvalue weighted by Gasteiger charge is -2.06. The van der Waals surface area contributed by atoms with Crippen LogP contribution in [-0.2, 0) is 6.42 Å². The number of carbonyl (C=O) groups is 1. The predicted octanol–water partition coefficient (Wildman–Crippen LogP) is 2.17. The van der Waals surface area contributed by atoms with E-state index in [0.29, 0.717) is 18.5 Å². The van der Waals surface area contributed by atoms with Crippen LogP contribution in [0.2, 0.25) is 0 Å². The highest BCUT2D eigenvalue weighted by atomic mass is 16.1. The minimum absolute atomic E-state index is 0.0689. The van der Waals surface area contributed by atoms with Crippen molar-refractivity contribution in [1.82, 2.24) is 19.9 Å². The summed E-state index contributed by atoms with van der Waals surface area (Å²) in [6, 6.07) is 11.5. The number of benzene rings is 1. The number of rotatable bonds is 5. The first-order chi connectivity index (χ1) is 10.3. The average Bonchev–Trinajstić information content (AvgIpc) is 3.21. The lowest BCUT2D eigenvalue weighted by Crippen LogP contribution is -2.25. The van der Waals surface area contributed by atoms with Crippen LogP contribution in [0.5, 0.6) is 0 Å². The summed E-state index contributed by atoms with van der Waals surface area (Å²) in [5, 5.41) is 2.89. The monoisotopic (exact) mass is 280 g/mol. The quantitative estimate of drug-likeness (QED) is 0.752. The second-order valence-corrected chi connectivity index (χ2v) is 4.68. The van der Waals surface area contributed by atoms with Crippen LogP contribution in [0.15, 0.2) is 61.2 Å². The lowest BCUT2D eigenvalue weighted by molar-refractivity contribution is 0.0954. The topological polar surface area (TPSA) is 62.7 Å². The number of hydrogen-bond donors (Lipinski definition) is 2. The van der Waals surface area contributed by atoms with Crippen molar-refractivity contribution < 1.29 is 4.79 Å². The van der Waals surface area contributed by atoms with Crippen molar-refractivity contribution in [3.05, 3.63) is 72.6 Å². The minimum Gasteiger partial charge on any atom is -0.352 e. The zero-order chi connectivity index (χ0) is 14.5. The standard InChI is InChI=1S/C16H16N4O/c21-16(19-8-7-15-17-9-10-18-15)13-3-5-14(6-4-13)20-11-1-2-12-20/h1-6,9-12H,7-8H2,(H,17,18)(H,19,21). The SMILES string of the molecule is O=C(NCCc1ncc[nH]1)c1ccc(-n2cccc2)cc1. The molecule has 0 atom stereocenters. The molecule has 2 heterocycles. The van der Waals surface area contributed by atoms with Gasteiger partial charge in [0.05, 0.1) is 0 Å². The fourth-order valence-corrected chi connectivity index (χ4v) is 2.12. The zero-order valence-electron chi connectivity index (χ0n) is 11.5. The zero-order valence-corrected chi connectivity index (χ0v) is 11.5. The molecule has 0 unspecified atom stereocenters. The van der Waals surface area contributed by atoms with Gasteiger partial charge in [-0.2, -0.15) is 0 Å². The van der Waals surface area contributed by atoms with E-state index >= 15 is 0 Å². The van der Waals surface area contributed by atoms with E-state index in [0.717, 1.165) is 11.5 Å². The van der Waals surface area contributed by atoms with Gasteiger partial charge in [-0.3, -0.25) is 4.79 Å². The van der Waals surface area contributed by atoms with Gasteiger partial charge in [0.1, 0.15) is 5.82 Å². The lowest BCUT2D eigenvalue weighted by atomic mass is 10.2. The van der Waals surface area contributed by atoms with E-state index in [1.807, 2.05) is 53.4 Å². The van der Waals surface area contributed by atoms with Crippen molar-refractivity contribution in [2.24, 2.45) is 0 Å². The number of aromatic nitrogens is 3. The molecule has 0 bridgehead atoms. The van der Waals surface area contributed by atoms with Crippen molar-refractivity contribution in [2.75, 3.05) is 6.54 Å². The van der Waals surface area contributed by atoms with Crippen LogP contribution in [0.3, 0.4) is 0 Å². The highest BCUT2D eigenvalue weighted by molar-refractivity contribution is 5.94. The molecule has 1 aromatic carbocycles. The Morgan fingerprint density at radius 1 is 1.19 bits per heavy atom. The molecule has 0 saturated heterocycles. The van der Waals surface area contributed by atoms with Gasteiger partial charge in [0.25, 0.3) is 5.91 Å². The summed E-state index contributed by atoms with van der Waals surface area (Å²) >= 11 is 0. The van der Waals surface area contributed by atoms with Crippen molar-refractivity contribution in [2.45, 2.75) is 6.42 Å². The normalized spacial score (nSPS) is 10.5. The summed E-state index contributed by atoms with van der Waals surface area (Å²) in [7, 11) is 0. The molecule has 5 heteroatoms. The number of hydrogen-bond acceptors (Lipinski definition) is 2. The molecule has 0 aliphatic heterocycles. The highest BCUT2D eigenvalue weighted by Gasteiger charge is 2.05. The van der Waals surface area contributed by atoms with Gasteiger partial charge < -0.3 is 14.9 Å². The molecule has 106 valence electrons. The molecule has 0 spiro atoms. The van der Waals surface area contributed by atoms with Crippen LogP contribution in [0, 0.1) is 0 Å². The van der Waals surface area contributed by atoms with Crippen LogP contribution < -0.4 is 5.32 Å². The van der Waals surface area contributed by atoms with E-state index in [-0.39, 0.29) is 5.91 Å². The second-order valence-electron chi connectivity index (χ2n) is 4.68. The molecule has 1 amide bonds. The molecule has 5 nitrogen and oxygen atoms in total. The van der Waals surface area contributed by atoms with Gasteiger partial charge in [0.15, 0.2) is 0 Å². The Hall–Kier alpha value is -2.82. The maximum absolute atomic E-state index is 12.0.